The molecule has 0 saturated heterocycles. The predicted molar refractivity (Wildman–Crippen MR) is 76.0 cm³/mol. The number of hydrogen-bond donors (Lipinski definition) is 1. The van der Waals surface area contributed by atoms with E-state index in [1.54, 1.807) is 25.1 Å². The summed E-state index contributed by atoms with van der Waals surface area (Å²) in [6, 6.07) is 10.5. The lowest BCUT2D eigenvalue weighted by Gasteiger charge is -2.09. The quantitative estimate of drug-likeness (QED) is 0.779. The second kappa shape index (κ2) is 5.30. The Balaban J connectivity index is 1.96. The molecule has 0 aliphatic rings. The first-order valence-electron chi connectivity index (χ1n) is 6.66. The van der Waals surface area contributed by atoms with Gasteiger partial charge in [-0.15, -0.1) is 0 Å². The van der Waals surface area contributed by atoms with Crippen molar-refractivity contribution in [1.29, 1.82) is 0 Å². The molecule has 1 unspecified atom stereocenters. The zero-order valence-electron chi connectivity index (χ0n) is 11.4. The van der Waals surface area contributed by atoms with Gasteiger partial charge in [-0.3, -0.25) is 0 Å². The van der Waals surface area contributed by atoms with Crippen molar-refractivity contribution in [2.75, 3.05) is 0 Å². The Bertz CT molecular complexity index is 793. The van der Waals surface area contributed by atoms with Crippen molar-refractivity contribution in [3.8, 4) is 0 Å². The van der Waals surface area contributed by atoms with Crippen LogP contribution < -0.4 is 0 Å². The Morgan fingerprint density at radius 2 is 1.90 bits per heavy atom. The van der Waals surface area contributed by atoms with Gasteiger partial charge in [-0.2, -0.15) is 0 Å². The summed E-state index contributed by atoms with van der Waals surface area (Å²) >= 11 is 0. The summed E-state index contributed by atoms with van der Waals surface area (Å²) in [5.41, 5.74) is 1.60. The SMILES string of the molecule is Cc1c(C(O)Cc2ccccc2F)oc2ccc(F)cc12. The maximum atomic E-state index is 13.6. The van der Waals surface area contributed by atoms with Gasteiger partial charge in [0.25, 0.3) is 0 Å². The van der Waals surface area contributed by atoms with Gasteiger partial charge in [-0.05, 0) is 36.8 Å². The first-order chi connectivity index (χ1) is 10.1. The Morgan fingerprint density at radius 3 is 2.67 bits per heavy atom. The van der Waals surface area contributed by atoms with Crippen molar-refractivity contribution >= 4 is 11.0 Å². The minimum Gasteiger partial charge on any atom is -0.458 e. The fourth-order valence-electron chi connectivity index (χ4n) is 2.49. The van der Waals surface area contributed by atoms with Gasteiger partial charge in [0.05, 0.1) is 0 Å². The molecule has 0 aliphatic heterocycles. The minimum atomic E-state index is -0.975. The molecule has 2 aromatic carbocycles. The van der Waals surface area contributed by atoms with Crippen molar-refractivity contribution in [2.24, 2.45) is 0 Å². The third kappa shape index (κ3) is 2.54. The van der Waals surface area contributed by atoms with E-state index in [1.807, 2.05) is 0 Å². The van der Waals surface area contributed by atoms with Crippen molar-refractivity contribution in [3.63, 3.8) is 0 Å². The standard InChI is InChI=1S/C17H14F2O2/c1-10-13-9-12(18)6-7-16(13)21-17(10)15(20)8-11-4-2-3-5-14(11)19/h2-7,9,15,20H,8H2,1H3. The van der Waals surface area contributed by atoms with Crippen molar-refractivity contribution in [1.82, 2.24) is 0 Å². The number of benzene rings is 2. The number of aryl methyl sites for hydroxylation is 1. The van der Waals surface area contributed by atoms with Crippen LogP contribution in [0.25, 0.3) is 11.0 Å². The van der Waals surface area contributed by atoms with E-state index in [9.17, 15) is 13.9 Å². The monoisotopic (exact) mass is 288 g/mol. The molecule has 0 saturated carbocycles. The second-order valence-electron chi connectivity index (χ2n) is 5.04. The van der Waals surface area contributed by atoms with Crippen molar-refractivity contribution < 1.29 is 18.3 Å². The van der Waals surface area contributed by atoms with Crippen molar-refractivity contribution in [2.45, 2.75) is 19.4 Å². The fourth-order valence-corrected chi connectivity index (χ4v) is 2.49. The van der Waals surface area contributed by atoms with Gasteiger partial charge in [0.15, 0.2) is 0 Å². The summed E-state index contributed by atoms with van der Waals surface area (Å²) in [6.07, 6.45) is -0.868. The van der Waals surface area contributed by atoms with E-state index in [4.69, 9.17) is 4.42 Å². The Kier molecular flexibility index (Phi) is 3.47. The van der Waals surface area contributed by atoms with Gasteiger partial charge in [-0.25, -0.2) is 8.78 Å². The molecule has 0 aliphatic carbocycles. The molecule has 3 aromatic rings. The minimum absolute atomic E-state index is 0.107. The van der Waals surface area contributed by atoms with Crippen LogP contribution >= 0.6 is 0 Å². The number of furan rings is 1. The number of aliphatic hydroxyl groups excluding tert-OH is 1. The molecule has 1 atom stereocenters. The van der Waals surface area contributed by atoms with E-state index in [2.05, 4.69) is 0 Å². The number of fused-ring (bicyclic) bond motifs is 1. The smallest absolute Gasteiger partial charge is 0.137 e. The van der Waals surface area contributed by atoms with Gasteiger partial charge < -0.3 is 9.52 Å². The van der Waals surface area contributed by atoms with Crippen LogP contribution in [0.3, 0.4) is 0 Å². The topological polar surface area (TPSA) is 33.4 Å². The first-order valence-corrected chi connectivity index (χ1v) is 6.66. The average molecular weight is 288 g/mol. The lowest BCUT2D eigenvalue weighted by molar-refractivity contribution is 0.150. The number of rotatable bonds is 3. The zero-order chi connectivity index (χ0) is 15.0. The van der Waals surface area contributed by atoms with Crippen molar-refractivity contribution in [3.05, 3.63) is 71.0 Å². The van der Waals surface area contributed by atoms with Crippen LogP contribution in [-0.2, 0) is 6.42 Å². The molecular formula is C17H14F2O2. The summed E-state index contributed by atoms with van der Waals surface area (Å²) in [4.78, 5) is 0. The van der Waals surface area contributed by atoms with Crippen LogP contribution in [0.4, 0.5) is 8.78 Å². The molecule has 0 fully saturated rings. The van der Waals surface area contributed by atoms with E-state index < -0.39 is 6.10 Å². The third-order valence-corrected chi connectivity index (χ3v) is 3.61. The molecule has 21 heavy (non-hydrogen) atoms. The van der Waals surface area contributed by atoms with Gasteiger partial charge >= 0.3 is 0 Å². The Morgan fingerprint density at radius 1 is 1.14 bits per heavy atom. The van der Waals surface area contributed by atoms with E-state index in [0.29, 0.717) is 27.9 Å². The summed E-state index contributed by atoms with van der Waals surface area (Å²) in [6.45, 7) is 1.76. The molecule has 0 radical (unpaired) electrons. The lowest BCUT2D eigenvalue weighted by atomic mass is 10.0. The molecule has 108 valence electrons. The molecule has 3 rings (SSSR count). The highest BCUT2D eigenvalue weighted by molar-refractivity contribution is 5.82. The first kappa shape index (κ1) is 13.8. The molecule has 0 spiro atoms. The molecule has 1 N–H and O–H groups in total. The highest BCUT2D eigenvalue weighted by Crippen LogP contribution is 2.31. The van der Waals surface area contributed by atoms with Gasteiger partial charge in [0.1, 0.15) is 29.1 Å². The third-order valence-electron chi connectivity index (χ3n) is 3.61. The lowest BCUT2D eigenvalue weighted by Crippen LogP contribution is -2.03. The Labute approximate surface area is 120 Å². The summed E-state index contributed by atoms with van der Waals surface area (Å²) in [7, 11) is 0. The largest absolute Gasteiger partial charge is 0.458 e. The Hall–Kier alpha value is -2.20. The molecule has 1 heterocycles. The second-order valence-corrected chi connectivity index (χ2v) is 5.04. The molecular weight excluding hydrogens is 274 g/mol. The van der Waals surface area contributed by atoms with Gasteiger partial charge in [0.2, 0.25) is 0 Å². The maximum absolute atomic E-state index is 13.6. The van der Waals surface area contributed by atoms with Gasteiger partial charge in [0, 0.05) is 17.4 Å². The normalized spacial score (nSPS) is 12.8. The summed E-state index contributed by atoms with van der Waals surface area (Å²) in [5, 5.41) is 10.9. The molecule has 4 heteroatoms. The average Bonchev–Trinajstić information content (AvgIpc) is 2.79. The van der Waals surface area contributed by atoms with E-state index in [0.717, 1.165) is 0 Å². The zero-order valence-corrected chi connectivity index (χ0v) is 11.4. The molecule has 0 bridgehead atoms. The van der Waals surface area contributed by atoms with Crippen LogP contribution in [0.15, 0.2) is 46.9 Å². The van der Waals surface area contributed by atoms with E-state index in [-0.39, 0.29) is 18.1 Å². The predicted octanol–water partition coefficient (Wildman–Crippen LogP) is 4.30. The van der Waals surface area contributed by atoms with E-state index in [1.165, 1.54) is 24.3 Å². The van der Waals surface area contributed by atoms with Crippen LogP contribution in [0, 0.1) is 18.6 Å². The molecule has 2 nitrogen and oxygen atoms in total. The summed E-state index contributed by atoms with van der Waals surface area (Å²) in [5.74, 6) is -0.378. The fraction of sp³-hybridized carbons (Fsp3) is 0.176. The maximum Gasteiger partial charge on any atom is 0.137 e. The van der Waals surface area contributed by atoms with Crippen LogP contribution in [0.5, 0.6) is 0 Å². The highest BCUT2D eigenvalue weighted by atomic mass is 19.1. The van der Waals surface area contributed by atoms with Crippen LogP contribution in [0.1, 0.15) is 23.0 Å². The molecule has 0 amide bonds. The van der Waals surface area contributed by atoms with Gasteiger partial charge in [-0.1, -0.05) is 18.2 Å². The van der Waals surface area contributed by atoms with Crippen LogP contribution in [0.2, 0.25) is 0 Å². The van der Waals surface area contributed by atoms with E-state index >= 15 is 0 Å². The number of hydrogen-bond acceptors (Lipinski definition) is 2. The summed E-state index contributed by atoms with van der Waals surface area (Å²) < 4.78 is 32.5. The molecule has 1 aromatic heterocycles. The van der Waals surface area contributed by atoms with Crippen LogP contribution in [-0.4, -0.2) is 5.11 Å². The number of halogens is 2. The number of aliphatic hydroxyl groups is 1. The highest BCUT2D eigenvalue weighted by Gasteiger charge is 2.20.